The molecule has 0 unspecified atom stereocenters. The summed E-state index contributed by atoms with van der Waals surface area (Å²) >= 11 is 0. The molecule has 0 amide bonds. The van der Waals surface area contributed by atoms with E-state index in [-0.39, 0.29) is 24.6 Å². The molecule has 2 atom stereocenters. The highest BCUT2D eigenvalue weighted by molar-refractivity contribution is 5.68. The SMILES string of the molecule is CO[C@@H](C)CCC[C@@H](CC/C(C)=C\CC(=O)O)OC(C)=O. The van der Waals surface area contributed by atoms with E-state index in [0.717, 1.165) is 37.7 Å². The van der Waals surface area contributed by atoms with Crippen LogP contribution in [0, 0.1) is 0 Å². The van der Waals surface area contributed by atoms with Gasteiger partial charge in [-0.1, -0.05) is 11.6 Å². The summed E-state index contributed by atoms with van der Waals surface area (Å²) in [5.41, 5.74) is 1.01. The summed E-state index contributed by atoms with van der Waals surface area (Å²) < 4.78 is 10.5. The van der Waals surface area contributed by atoms with Crippen LogP contribution in [0.1, 0.15) is 59.3 Å². The van der Waals surface area contributed by atoms with Crippen molar-refractivity contribution in [1.82, 2.24) is 0 Å². The molecule has 0 fully saturated rings. The number of hydrogen-bond donors (Lipinski definition) is 1. The van der Waals surface area contributed by atoms with Crippen LogP contribution in [0.3, 0.4) is 0 Å². The molecule has 5 heteroatoms. The van der Waals surface area contributed by atoms with Gasteiger partial charge in [-0.3, -0.25) is 9.59 Å². The molecule has 21 heavy (non-hydrogen) atoms. The number of carboxylic acid groups (broad SMARTS) is 1. The highest BCUT2D eigenvalue weighted by Gasteiger charge is 2.13. The van der Waals surface area contributed by atoms with E-state index in [0.29, 0.717) is 0 Å². The van der Waals surface area contributed by atoms with E-state index in [1.807, 2.05) is 13.8 Å². The Morgan fingerprint density at radius 2 is 1.86 bits per heavy atom. The number of hydrogen-bond acceptors (Lipinski definition) is 4. The second-order valence-electron chi connectivity index (χ2n) is 5.40. The van der Waals surface area contributed by atoms with E-state index in [9.17, 15) is 9.59 Å². The Hall–Kier alpha value is -1.36. The van der Waals surface area contributed by atoms with Crippen LogP contribution in [-0.4, -0.2) is 36.4 Å². The number of esters is 1. The van der Waals surface area contributed by atoms with Crippen molar-refractivity contribution >= 4 is 11.9 Å². The lowest BCUT2D eigenvalue weighted by Gasteiger charge is -2.18. The van der Waals surface area contributed by atoms with Crippen LogP contribution < -0.4 is 0 Å². The molecule has 0 aromatic rings. The number of carbonyl (C=O) groups excluding carboxylic acids is 1. The lowest BCUT2D eigenvalue weighted by atomic mass is 10.0. The van der Waals surface area contributed by atoms with E-state index in [1.54, 1.807) is 13.2 Å². The molecular formula is C16H28O5. The third-order valence-corrected chi connectivity index (χ3v) is 3.36. The van der Waals surface area contributed by atoms with Gasteiger partial charge >= 0.3 is 11.9 Å². The Bertz CT molecular complexity index is 349. The minimum atomic E-state index is -0.834. The number of carboxylic acids is 1. The molecule has 0 spiro atoms. The number of allylic oxidation sites excluding steroid dienone is 1. The first kappa shape index (κ1) is 19.6. The molecule has 0 radical (unpaired) electrons. The van der Waals surface area contributed by atoms with Crippen LogP contribution in [-0.2, 0) is 19.1 Å². The van der Waals surface area contributed by atoms with Crippen LogP contribution in [0.2, 0.25) is 0 Å². The van der Waals surface area contributed by atoms with Gasteiger partial charge in [0.2, 0.25) is 0 Å². The summed E-state index contributed by atoms with van der Waals surface area (Å²) in [6, 6.07) is 0. The van der Waals surface area contributed by atoms with Gasteiger partial charge in [0.15, 0.2) is 0 Å². The van der Waals surface area contributed by atoms with Gasteiger partial charge in [0.05, 0.1) is 12.5 Å². The molecule has 0 aliphatic heterocycles. The maximum absolute atomic E-state index is 11.1. The fraction of sp³-hybridized carbons (Fsp3) is 0.750. The predicted octanol–water partition coefficient (Wildman–Crippen LogP) is 3.32. The molecule has 0 saturated heterocycles. The van der Waals surface area contributed by atoms with E-state index in [1.165, 1.54) is 6.92 Å². The maximum atomic E-state index is 11.1. The van der Waals surface area contributed by atoms with Gasteiger partial charge in [-0.15, -0.1) is 0 Å². The lowest BCUT2D eigenvalue weighted by molar-refractivity contribution is -0.147. The first-order valence-electron chi connectivity index (χ1n) is 7.42. The largest absolute Gasteiger partial charge is 0.481 e. The maximum Gasteiger partial charge on any atom is 0.307 e. The number of methoxy groups -OCH3 is 1. The Morgan fingerprint density at radius 1 is 1.19 bits per heavy atom. The summed E-state index contributed by atoms with van der Waals surface area (Å²) in [4.78, 5) is 21.6. The Balaban J connectivity index is 4.20. The van der Waals surface area contributed by atoms with Crippen LogP contribution in [0.15, 0.2) is 11.6 Å². The molecule has 1 N–H and O–H groups in total. The molecule has 5 nitrogen and oxygen atoms in total. The third-order valence-electron chi connectivity index (χ3n) is 3.36. The number of ether oxygens (including phenoxy) is 2. The molecule has 0 aliphatic rings. The average Bonchev–Trinajstić information content (AvgIpc) is 2.41. The van der Waals surface area contributed by atoms with Crippen molar-refractivity contribution in [2.24, 2.45) is 0 Å². The van der Waals surface area contributed by atoms with E-state index in [4.69, 9.17) is 14.6 Å². The van der Waals surface area contributed by atoms with Crippen molar-refractivity contribution in [2.45, 2.75) is 71.5 Å². The normalized spacial score (nSPS) is 14.6. The molecule has 0 aliphatic carbocycles. The molecule has 0 rings (SSSR count). The van der Waals surface area contributed by atoms with Gasteiger partial charge in [0.1, 0.15) is 6.10 Å². The summed E-state index contributed by atoms with van der Waals surface area (Å²) in [5.74, 6) is -1.11. The van der Waals surface area contributed by atoms with Crippen LogP contribution in [0.25, 0.3) is 0 Å². The zero-order chi connectivity index (χ0) is 16.3. The lowest BCUT2D eigenvalue weighted by Crippen LogP contribution is -2.17. The first-order valence-corrected chi connectivity index (χ1v) is 7.42. The van der Waals surface area contributed by atoms with Crippen LogP contribution in [0.4, 0.5) is 0 Å². The number of aliphatic carboxylic acids is 1. The monoisotopic (exact) mass is 300 g/mol. The van der Waals surface area contributed by atoms with Crippen LogP contribution >= 0.6 is 0 Å². The molecular weight excluding hydrogens is 272 g/mol. The molecule has 0 saturated carbocycles. The van der Waals surface area contributed by atoms with Crippen LogP contribution in [0.5, 0.6) is 0 Å². The standard InChI is InChI=1S/C16H28O5/c1-12(9-11-16(18)19)8-10-15(21-14(3)17)7-5-6-13(2)20-4/h9,13,15H,5-8,10-11H2,1-4H3,(H,18,19)/b12-9-/t13-,15-/m0/s1. The first-order chi connectivity index (χ1) is 9.85. The van der Waals surface area contributed by atoms with Gasteiger partial charge in [-0.2, -0.15) is 0 Å². The smallest absolute Gasteiger partial charge is 0.307 e. The summed E-state index contributed by atoms with van der Waals surface area (Å²) in [7, 11) is 1.69. The number of rotatable bonds is 11. The Labute approximate surface area is 127 Å². The molecule has 0 heterocycles. The van der Waals surface area contributed by atoms with Crippen molar-refractivity contribution in [3.8, 4) is 0 Å². The highest BCUT2D eigenvalue weighted by Crippen LogP contribution is 2.16. The zero-order valence-electron chi connectivity index (χ0n) is 13.6. The third kappa shape index (κ3) is 12.1. The summed E-state index contributed by atoms with van der Waals surface area (Å²) in [6.45, 7) is 5.33. The van der Waals surface area contributed by atoms with E-state index < -0.39 is 5.97 Å². The second-order valence-corrected chi connectivity index (χ2v) is 5.40. The molecule has 0 bridgehead atoms. The van der Waals surface area contributed by atoms with Crippen molar-refractivity contribution in [2.75, 3.05) is 7.11 Å². The van der Waals surface area contributed by atoms with E-state index >= 15 is 0 Å². The topological polar surface area (TPSA) is 72.8 Å². The molecule has 122 valence electrons. The van der Waals surface area contributed by atoms with Gasteiger partial charge in [-0.05, 0) is 46.0 Å². The van der Waals surface area contributed by atoms with Gasteiger partial charge in [-0.25, -0.2) is 0 Å². The molecule has 0 aromatic heterocycles. The quantitative estimate of drug-likeness (QED) is 0.468. The van der Waals surface area contributed by atoms with Crippen molar-refractivity contribution in [1.29, 1.82) is 0 Å². The summed E-state index contributed by atoms with van der Waals surface area (Å²) in [5, 5.41) is 8.62. The van der Waals surface area contributed by atoms with Crippen molar-refractivity contribution in [3.63, 3.8) is 0 Å². The molecule has 0 aromatic carbocycles. The van der Waals surface area contributed by atoms with Gasteiger partial charge < -0.3 is 14.6 Å². The van der Waals surface area contributed by atoms with Crippen molar-refractivity contribution < 1.29 is 24.2 Å². The number of carbonyl (C=O) groups is 2. The minimum Gasteiger partial charge on any atom is -0.481 e. The average molecular weight is 300 g/mol. The Morgan fingerprint density at radius 3 is 2.38 bits per heavy atom. The van der Waals surface area contributed by atoms with Crippen molar-refractivity contribution in [3.05, 3.63) is 11.6 Å². The van der Waals surface area contributed by atoms with E-state index in [2.05, 4.69) is 0 Å². The van der Waals surface area contributed by atoms with Gasteiger partial charge in [0.25, 0.3) is 0 Å². The fourth-order valence-corrected chi connectivity index (χ4v) is 2.00. The Kier molecular flexibility index (Phi) is 10.6. The minimum absolute atomic E-state index is 0.0371. The highest BCUT2D eigenvalue weighted by atomic mass is 16.5. The summed E-state index contributed by atoms with van der Waals surface area (Å²) in [6.07, 6.45) is 5.98. The zero-order valence-corrected chi connectivity index (χ0v) is 13.6. The fourth-order valence-electron chi connectivity index (χ4n) is 2.00. The van der Waals surface area contributed by atoms with Gasteiger partial charge in [0, 0.05) is 14.0 Å². The predicted molar refractivity (Wildman–Crippen MR) is 81.1 cm³/mol. The second kappa shape index (κ2) is 11.3.